The maximum Gasteiger partial charge on any atom is 0.307 e. The number of hydrogen-bond acceptors (Lipinski definition) is 5. The predicted molar refractivity (Wildman–Crippen MR) is 110 cm³/mol. The van der Waals surface area contributed by atoms with Gasteiger partial charge < -0.3 is 16.2 Å². The lowest BCUT2D eigenvalue weighted by molar-refractivity contribution is -0.141. The number of pyridine rings is 1. The Hall–Kier alpha value is -2.93. The smallest absolute Gasteiger partial charge is 0.307 e. The summed E-state index contributed by atoms with van der Waals surface area (Å²) >= 11 is 1.31. The number of carbonyl (C=O) groups is 2. The normalized spacial score (nSPS) is 15.5. The molecule has 3 aromatic rings. The molecule has 1 atom stereocenters. The third-order valence-electron chi connectivity index (χ3n) is 5.19. The van der Waals surface area contributed by atoms with Gasteiger partial charge in [-0.2, -0.15) is 0 Å². The van der Waals surface area contributed by atoms with Gasteiger partial charge in [0.05, 0.1) is 11.6 Å². The van der Waals surface area contributed by atoms with Crippen LogP contribution in [0, 0.1) is 12.8 Å². The molecule has 0 spiro atoms. The molecule has 2 aromatic heterocycles. The van der Waals surface area contributed by atoms with Crippen molar-refractivity contribution >= 4 is 39.1 Å². The number of fused-ring (bicyclic) bond motifs is 2. The van der Waals surface area contributed by atoms with E-state index in [0.29, 0.717) is 36.4 Å². The number of benzene rings is 1. The summed E-state index contributed by atoms with van der Waals surface area (Å²) in [4.78, 5) is 29.4. The number of nitrogens with zero attached hydrogens (tertiary/aromatic N) is 1. The Bertz CT molecular complexity index is 1090. The van der Waals surface area contributed by atoms with Crippen LogP contribution >= 0.6 is 11.3 Å². The average molecular weight is 395 g/mol. The molecule has 0 bridgehead atoms. The van der Waals surface area contributed by atoms with Crippen LogP contribution in [-0.2, 0) is 24.1 Å². The van der Waals surface area contributed by atoms with Gasteiger partial charge in [0.25, 0.3) is 5.91 Å². The van der Waals surface area contributed by atoms with Crippen molar-refractivity contribution < 1.29 is 14.7 Å². The van der Waals surface area contributed by atoms with E-state index in [9.17, 15) is 14.7 Å². The summed E-state index contributed by atoms with van der Waals surface area (Å²) < 4.78 is 0. The number of nitrogens with one attached hydrogen (secondary N) is 1. The van der Waals surface area contributed by atoms with Crippen LogP contribution in [0.2, 0.25) is 0 Å². The number of thiophene rings is 1. The first-order chi connectivity index (χ1) is 13.4. The number of carbonyl (C=O) groups excluding carboxylic acids is 1. The zero-order valence-corrected chi connectivity index (χ0v) is 16.3. The highest BCUT2D eigenvalue weighted by atomic mass is 32.1. The topological polar surface area (TPSA) is 105 Å². The molecule has 144 valence electrons. The minimum Gasteiger partial charge on any atom is -0.481 e. The highest BCUT2D eigenvalue weighted by molar-refractivity contribution is 7.21. The van der Waals surface area contributed by atoms with E-state index in [4.69, 9.17) is 5.73 Å². The van der Waals surface area contributed by atoms with Crippen molar-refractivity contribution in [2.45, 2.75) is 26.2 Å². The summed E-state index contributed by atoms with van der Waals surface area (Å²) in [7, 11) is 0. The van der Waals surface area contributed by atoms with Crippen LogP contribution in [0.1, 0.15) is 32.1 Å². The van der Waals surface area contributed by atoms with Crippen molar-refractivity contribution in [1.29, 1.82) is 0 Å². The first-order valence-corrected chi connectivity index (χ1v) is 10.0. The first kappa shape index (κ1) is 18.4. The van der Waals surface area contributed by atoms with Crippen LogP contribution in [0.15, 0.2) is 30.3 Å². The number of anilines is 1. The maximum absolute atomic E-state index is 12.5. The predicted octanol–water partition coefficient (Wildman–Crippen LogP) is 2.96. The highest BCUT2D eigenvalue weighted by Gasteiger charge is 2.27. The van der Waals surface area contributed by atoms with Crippen molar-refractivity contribution in [3.05, 3.63) is 57.6 Å². The molecule has 4 N–H and O–H groups in total. The second-order valence-electron chi connectivity index (χ2n) is 7.20. The molecule has 2 heterocycles. The molecule has 1 aliphatic rings. The van der Waals surface area contributed by atoms with Gasteiger partial charge >= 0.3 is 5.97 Å². The van der Waals surface area contributed by atoms with Gasteiger partial charge in [0, 0.05) is 17.6 Å². The fraction of sp³-hybridized carbons (Fsp3) is 0.286. The van der Waals surface area contributed by atoms with Crippen LogP contribution in [0.4, 0.5) is 5.69 Å². The zero-order chi connectivity index (χ0) is 19.8. The molecule has 1 amide bonds. The van der Waals surface area contributed by atoms with E-state index in [0.717, 1.165) is 32.6 Å². The molecular weight excluding hydrogens is 374 g/mol. The standard InChI is InChI=1S/C21H21N3O3S/c1-11-2-5-16-17(22)18(28-20(16)24-11)19(25)23-7-6-12-3-4-13-9-15(21(26)27)10-14(13)8-12/h2-5,8,15H,6-7,9-10,22H2,1H3,(H,23,25)(H,26,27)/t15-/m1/s1. The van der Waals surface area contributed by atoms with Crippen LogP contribution < -0.4 is 11.1 Å². The van der Waals surface area contributed by atoms with E-state index < -0.39 is 5.97 Å². The monoisotopic (exact) mass is 395 g/mol. The Morgan fingerprint density at radius 2 is 2.04 bits per heavy atom. The van der Waals surface area contributed by atoms with Crippen molar-refractivity contribution in [1.82, 2.24) is 10.3 Å². The molecule has 0 radical (unpaired) electrons. The van der Waals surface area contributed by atoms with Gasteiger partial charge in [0.1, 0.15) is 9.71 Å². The fourth-order valence-electron chi connectivity index (χ4n) is 3.66. The zero-order valence-electron chi connectivity index (χ0n) is 15.5. The second-order valence-corrected chi connectivity index (χ2v) is 8.20. The number of carboxylic acids is 1. The van der Waals surface area contributed by atoms with E-state index >= 15 is 0 Å². The minimum atomic E-state index is -0.740. The largest absolute Gasteiger partial charge is 0.481 e. The van der Waals surface area contributed by atoms with Crippen molar-refractivity contribution in [2.75, 3.05) is 12.3 Å². The summed E-state index contributed by atoms with van der Waals surface area (Å²) in [5.74, 6) is -1.25. The lowest BCUT2D eigenvalue weighted by Gasteiger charge is -2.07. The fourth-order valence-corrected chi connectivity index (χ4v) is 4.72. The Kier molecular flexibility index (Phi) is 4.77. The quantitative estimate of drug-likeness (QED) is 0.616. The second kappa shape index (κ2) is 7.24. The Balaban J connectivity index is 1.40. The first-order valence-electron chi connectivity index (χ1n) is 9.19. The van der Waals surface area contributed by atoms with Crippen LogP contribution in [0.5, 0.6) is 0 Å². The third kappa shape index (κ3) is 3.45. The molecule has 6 nitrogen and oxygen atoms in total. The molecule has 0 unspecified atom stereocenters. The Morgan fingerprint density at radius 1 is 1.25 bits per heavy atom. The minimum absolute atomic E-state index is 0.190. The van der Waals surface area contributed by atoms with E-state index in [1.165, 1.54) is 11.3 Å². The summed E-state index contributed by atoms with van der Waals surface area (Å²) in [5, 5.41) is 12.9. The van der Waals surface area contributed by atoms with Gasteiger partial charge in [-0.3, -0.25) is 9.59 Å². The third-order valence-corrected chi connectivity index (χ3v) is 6.31. The van der Waals surface area contributed by atoms with Crippen LogP contribution in [0.25, 0.3) is 10.2 Å². The Morgan fingerprint density at radius 3 is 2.82 bits per heavy atom. The lowest BCUT2D eigenvalue weighted by Crippen LogP contribution is -2.25. The SMILES string of the molecule is Cc1ccc2c(N)c(C(=O)NCCc3ccc4c(c3)C[C@H](C(=O)O)C4)sc2n1. The number of aryl methyl sites for hydroxylation is 1. The summed E-state index contributed by atoms with van der Waals surface area (Å²) in [6.45, 7) is 2.39. The molecule has 0 aliphatic heterocycles. The summed E-state index contributed by atoms with van der Waals surface area (Å²) in [5.41, 5.74) is 10.8. The van der Waals surface area contributed by atoms with Crippen molar-refractivity contribution in [3.8, 4) is 0 Å². The van der Waals surface area contributed by atoms with E-state index in [1.807, 2.05) is 31.2 Å². The van der Waals surface area contributed by atoms with E-state index in [1.54, 1.807) is 0 Å². The molecule has 1 aliphatic carbocycles. The van der Waals surface area contributed by atoms with E-state index in [-0.39, 0.29) is 11.8 Å². The van der Waals surface area contributed by atoms with Crippen molar-refractivity contribution in [3.63, 3.8) is 0 Å². The molecule has 7 heteroatoms. The molecule has 0 fully saturated rings. The van der Waals surface area contributed by atoms with Gasteiger partial charge in [-0.05, 0) is 55.0 Å². The van der Waals surface area contributed by atoms with Gasteiger partial charge in [-0.25, -0.2) is 4.98 Å². The van der Waals surface area contributed by atoms with Crippen LogP contribution in [0.3, 0.4) is 0 Å². The molecular formula is C21H21N3O3S. The molecule has 0 saturated heterocycles. The van der Waals surface area contributed by atoms with Gasteiger partial charge in [-0.15, -0.1) is 11.3 Å². The van der Waals surface area contributed by atoms with Gasteiger partial charge in [0.15, 0.2) is 0 Å². The summed E-state index contributed by atoms with van der Waals surface area (Å²) in [6.07, 6.45) is 1.86. The molecule has 28 heavy (non-hydrogen) atoms. The number of nitrogens with two attached hydrogens (primary N) is 1. The Labute approximate surface area is 166 Å². The van der Waals surface area contributed by atoms with Gasteiger partial charge in [0.2, 0.25) is 0 Å². The molecule has 4 rings (SSSR count). The molecule has 0 saturated carbocycles. The van der Waals surface area contributed by atoms with E-state index in [2.05, 4.69) is 16.4 Å². The number of rotatable bonds is 5. The average Bonchev–Trinajstić information content (AvgIpc) is 3.22. The number of amides is 1. The van der Waals surface area contributed by atoms with Gasteiger partial charge in [-0.1, -0.05) is 18.2 Å². The van der Waals surface area contributed by atoms with Crippen molar-refractivity contribution in [2.24, 2.45) is 5.92 Å². The van der Waals surface area contributed by atoms with Crippen LogP contribution in [-0.4, -0.2) is 28.5 Å². The number of nitrogen functional groups attached to an aromatic ring is 1. The summed E-state index contributed by atoms with van der Waals surface area (Å²) in [6, 6.07) is 9.86. The molecule has 1 aromatic carbocycles. The maximum atomic E-state index is 12.5. The number of aromatic nitrogens is 1. The number of hydrogen-bond donors (Lipinski definition) is 3. The number of aliphatic carboxylic acids is 1. The number of carboxylic acid groups (broad SMARTS) is 1. The highest BCUT2D eigenvalue weighted by Crippen LogP contribution is 2.32. The lowest BCUT2D eigenvalue weighted by atomic mass is 10.0.